The Hall–Kier alpha value is -1.50. The predicted molar refractivity (Wildman–Crippen MR) is 109 cm³/mol. The highest BCUT2D eigenvalue weighted by Gasteiger charge is 2.28. The Morgan fingerprint density at radius 1 is 1.22 bits per heavy atom. The Morgan fingerprint density at radius 3 is 2.74 bits per heavy atom. The molecule has 3 rings (SSSR count). The highest BCUT2D eigenvalue weighted by Crippen LogP contribution is 2.24. The van der Waals surface area contributed by atoms with Crippen LogP contribution >= 0.6 is 24.0 Å². The maximum atomic E-state index is 12.7. The number of nitrogens with one attached hydrogen (secondary N) is 3. The van der Waals surface area contributed by atoms with Crippen molar-refractivity contribution in [2.75, 3.05) is 26.2 Å². The molecule has 1 saturated carbocycles. The van der Waals surface area contributed by atoms with Crippen LogP contribution in [0.2, 0.25) is 5.02 Å². The Bertz CT molecular complexity index is 638. The maximum absolute atomic E-state index is 12.7. The second-order valence-electron chi connectivity index (χ2n) is 7.02. The van der Waals surface area contributed by atoms with E-state index in [1.54, 1.807) is 0 Å². The highest BCUT2D eigenvalue weighted by molar-refractivity contribution is 6.30. The number of amides is 3. The molecule has 1 heterocycles. The minimum absolute atomic E-state index is 0. The first-order chi connectivity index (χ1) is 12.6. The van der Waals surface area contributed by atoms with Crippen LogP contribution in [0.3, 0.4) is 0 Å². The summed E-state index contributed by atoms with van der Waals surface area (Å²) in [6.07, 6.45) is 5.61. The quantitative estimate of drug-likeness (QED) is 0.708. The van der Waals surface area contributed by atoms with Crippen LogP contribution in [0.5, 0.6) is 0 Å². The first kappa shape index (κ1) is 21.8. The van der Waals surface area contributed by atoms with Gasteiger partial charge >= 0.3 is 6.03 Å². The van der Waals surface area contributed by atoms with E-state index in [4.69, 9.17) is 11.6 Å². The van der Waals surface area contributed by atoms with Gasteiger partial charge in [-0.05, 0) is 30.5 Å². The van der Waals surface area contributed by atoms with E-state index in [2.05, 4.69) is 16.0 Å². The summed E-state index contributed by atoms with van der Waals surface area (Å²) >= 11 is 6.10. The average Bonchev–Trinajstić information content (AvgIpc) is 2.67. The smallest absolute Gasteiger partial charge is 0.315 e. The highest BCUT2D eigenvalue weighted by atomic mass is 35.5. The van der Waals surface area contributed by atoms with E-state index >= 15 is 0 Å². The zero-order chi connectivity index (χ0) is 18.4. The van der Waals surface area contributed by atoms with Crippen LogP contribution in [0.4, 0.5) is 4.79 Å². The molecule has 1 unspecified atom stereocenters. The lowest BCUT2D eigenvalue weighted by Crippen LogP contribution is -2.52. The molecule has 150 valence electrons. The Kier molecular flexibility index (Phi) is 8.67. The third kappa shape index (κ3) is 6.26. The van der Waals surface area contributed by atoms with Gasteiger partial charge in [-0.2, -0.15) is 0 Å². The number of rotatable bonds is 4. The molecular formula is C19H28Cl2N4O2. The van der Waals surface area contributed by atoms with Crippen LogP contribution < -0.4 is 16.0 Å². The van der Waals surface area contributed by atoms with Crippen molar-refractivity contribution in [3.05, 3.63) is 34.9 Å². The summed E-state index contributed by atoms with van der Waals surface area (Å²) in [4.78, 5) is 26.6. The molecule has 3 amide bonds. The molecule has 3 N–H and O–H groups in total. The van der Waals surface area contributed by atoms with Gasteiger partial charge in [0, 0.05) is 30.7 Å². The predicted octanol–water partition coefficient (Wildman–Crippen LogP) is 2.87. The Labute approximate surface area is 171 Å². The van der Waals surface area contributed by atoms with Gasteiger partial charge in [0.2, 0.25) is 5.91 Å². The van der Waals surface area contributed by atoms with Crippen molar-refractivity contribution in [1.82, 2.24) is 20.9 Å². The Balaban J connectivity index is 0.00000261. The lowest BCUT2D eigenvalue weighted by molar-refractivity contribution is -0.133. The monoisotopic (exact) mass is 414 g/mol. The molecule has 1 aliphatic carbocycles. The number of halogens is 2. The number of carbonyl (C=O) groups is 2. The number of hydrogen-bond acceptors (Lipinski definition) is 3. The topological polar surface area (TPSA) is 73.5 Å². The van der Waals surface area contributed by atoms with Gasteiger partial charge in [-0.1, -0.05) is 43.0 Å². The zero-order valence-corrected chi connectivity index (χ0v) is 17.0. The largest absolute Gasteiger partial charge is 0.335 e. The van der Waals surface area contributed by atoms with Gasteiger partial charge in [0.25, 0.3) is 0 Å². The molecule has 1 atom stereocenters. The van der Waals surface area contributed by atoms with Gasteiger partial charge in [0.05, 0.1) is 12.6 Å². The minimum atomic E-state index is -0.250. The standard InChI is InChI=1S/C19H27ClN4O2.ClH/c20-15-6-4-5-14(11-15)17-12-21-9-10-24(17)18(25)13-22-19(26)23-16-7-2-1-3-8-16;/h4-6,11,16-17,21H,1-3,7-10,12-13H2,(H2,22,23,26);1H. The summed E-state index contributed by atoms with van der Waals surface area (Å²) < 4.78 is 0. The lowest BCUT2D eigenvalue weighted by Gasteiger charge is -2.36. The fourth-order valence-corrected chi connectivity index (χ4v) is 3.95. The number of hydrogen-bond donors (Lipinski definition) is 3. The van der Waals surface area contributed by atoms with Gasteiger partial charge < -0.3 is 20.9 Å². The summed E-state index contributed by atoms with van der Waals surface area (Å²) in [5.41, 5.74) is 1.00. The zero-order valence-electron chi connectivity index (χ0n) is 15.4. The average molecular weight is 415 g/mol. The SMILES string of the molecule is Cl.O=C(NCC(=O)N1CCNCC1c1cccc(Cl)c1)NC1CCCCC1. The van der Waals surface area contributed by atoms with Crippen molar-refractivity contribution in [1.29, 1.82) is 0 Å². The molecule has 1 aromatic carbocycles. The summed E-state index contributed by atoms with van der Waals surface area (Å²) in [5.74, 6) is -0.0738. The van der Waals surface area contributed by atoms with Gasteiger partial charge in [0.15, 0.2) is 0 Å². The molecule has 27 heavy (non-hydrogen) atoms. The molecule has 1 aromatic rings. The lowest BCUT2D eigenvalue weighted by atomic mass is 9.96. The minimum Gasteiger partial charge on any atom is -0.335 e. The van der Waals surface area contributed by atoms with E-state index in [1.165, 1.54) is 6.42 Å². The molecule has 0 radical (unpaired) electrons. The van der Waals surface area contributed by atoms with Gasteiger partial charge in [-0.3, -0.25) is 4.79 Å². The van der Waals surface area contributed by atoms with Crippen molar-refractivity contribution in [2.45, 2.75) is 44.2 Å². The second kappa shape index (κ2) is 10.7. The summed E-state index contributed by atoms with van der Waals surface area (Å²) in [5, 5.41) is 9.68. The van der Waals surface area contributed by atoms with E-state index in [-0.39, 0.29) is 43.0 Å². The molecule has 8 heteroatoms. The molecular weight excluding hydrogens is 387 g/mol. The molecule has 2 fully saturated rings. The van der Waals surface area contributed by atoms with Crippen LogP contribution in [0.15, 0.2) is 24.3 Å². The summed E-state index contributed by atoms with van der Waals surface area (Å²) in [6, 6.07) is 7.50. The third-order valence-corrected chi connectivity index (χ3v) is 5.37. The molecule has 0 bridgehead atoms. The van der Waals surface area contributed by atoms with E-state index in [0.29, 0.717) is 18.1 Å². The van der Waals surface area contributed by atoms with Crippen LogP contribution in [-0.4, -0.2) is 49.1 Å². The number of urea groups is 1. The number of benzene rings is 1. The van der Waals surface area contributed by atoms with Crippen molar-refractivity contribution in [3.8, 4) is 0 Å². The molecule has 6 nitrogen and oxygen atoms in total. The van der Waals surface area contributed by atoms with Gasteiger partial charge in [-0.25, -0.2) is 4.79 Å². The maximum Gasteiger partial charge on any atom is 0.315 e. The fourth-order valence-electron chi connectivity index (χ4n) is 3.76. The van der Waals surface area contributed by atoms with Crippen molar-refractivity contribution in [3.63, 3.8) is 0 Å². The Morgan fingerprint density at radius 2 is 2.00 bits per heavy atom. The number of nitrogens with zero attached hydrogens (tertiary/aromatic N) is 1. The van der Waals surface area contributed by atoms with Crippen LogP contribution in [-0.2, 0) is 4.79 Å². The normalized spacial score (nSPS) is 20.5. The van der Waals surface area contributed by atoms with Gasteiger partial charge in [0.1, 0.15) is 0 Å². The van der Waals surface area contributed by atoms with E-state index < -0.39 is 0 Å². The van der Waals surface area contributed by atoms with Crippen molar-refractivity contribution < 1.29 is 9.59 Å². The van der Waals surface area contributed by atoms with Crippen LogP contribution in [0, 0.1) is 0 Å². The molecule has 0 aromatic heterocycles. The molecule has 1 saturated heterocycles. The van der Waals surface area contributed by atoms with Crippen molar-refractivity contribution in [2.24, 2.45) is 0 Å². The van der Waals surface area contributed by atoms with Gasteiger partial charge in [-0.15, -0.1) is 12.4 Å². The summed E-state index contributed by atoms with van der Waals surface area (Å²) in [6.45, 7) is 2.05. The fraction of sp³-hybridized carbons (Fsp3) is 0.579. The van der Waals surface area contributed by atoms with E-state index in [1.807, 2.05) is 29.2 Å². The van der Waals surface area contributed by atoms with Crippen molar-refractivity contribution >= 4 is 35.9 Å². The van der Waals surface area contributed by atoms with Crippen LogP contribution in [0.25, 0.3) is 0 Å². The van der Waals surface area contributed by atoms with E-state index in [9.17, 15) is 9.59 Å². The molecule has 2 aliphatic rings. The third-order valence-electron chi connectivity index (χ3n) is 5.14. The number of piperazine rings is 1. The first-order valence-electron chi connectivity index (χ1n) is 9.43. The molecule has 0 spiro atoms. The second-order valence-corrected chi connectivity index (χ2v) is 7.46. The van der Waals surface area contributed by atoms with E-state index in [0.717, 1.165) is 37.8 Å². The first-order valence-corrected chi connectivity index (χ1v) is 9.81. The van der Waals surface area contributed by atoms with Crippen LogP contribution in [0.1, 0.15) is 43.7 Å². The molecule has 1 aliphatic heterocycles. The summed E-state index contributed by atoms with van der Waals surface area (Å²) in [7, 11) is 0. The number of carbonyl (C=O) groups excluding carboxylic acids is 2.